The molecule has 1 amide bonds. The zero-order valence-corrected chi connectivity index (χ0v) is 13.8. The summed E-state index contributed by atoms with van der Waals surface area (Å²) in [6.07, 6.45) is 0.629. The van der Waals surface area contributed by atoms with Crippen LogP contribution in [0.15, 0.2) is 34.9 Å². The average Bonchev–Trinajstić information content (AvgIpc) is 3.09. The van der Waals surface area contributed by atoms with Gasteiger partial charge >= 0.3 is 0 Å². The molecule has 1 saturated heterocycles. The van der Waals surface area contributed by atoms with Crippen molar-refractivity contribution in [2.45, 2.75) is 19.4 Å². The maximum absolute atomic E-state index is 12.1. The van der Waals surface area contributed by atoms with Crippen molar-refractivity contribution in [3.8, 4) is 0 Å². The number of amides is 1. The van der Waals surface area contributed by atoms with Crippen molar-refractivity contribution in [3.63, 3.8) is 0 Å². The van der Waals surface area contributed by atoms with Gasteiger partial charge in [0.25, 0.3) is 0 Å². The quantitative estimate of drug-likeness (QED) is 0.856. The molecule has 1 fully saturated rings. The number of hydrogen-bond donors (Lipinski definition) is 1. The van der Waals surface area contributed by atoms with E-state index in [0.717, 1.165) is 5.56 Å². The predicted octanol–water partition coefficient (Wildman–Crippen LogP) is 1.17. The molecular formula is C17H22N4O3. The van der Waals surface area contributed by atoms with E-state index in [-0.39, 0.29) is 18.5 Å². The van der Waals surface area contributed by atoms with E-state index in [4.69, 9.17) is 9.26 Å². The lowest BCUT2D eigenvalue weighted by Gasteiger charge is -2.27. The van der Waals surface area contributed by atoms with E-state index < -0.39 is 0 Å². The van der Waals surface area contributed by atoms with E-state index >= 15 is 0 Å². The fourth-order valence-electron chi connectivity index (χ4n) is 2.55. The molecule has 0 bridgehead atoms. The molecule has 0 saturated carbocycles. The first kappa shape index (κ1) is 16.6. The molecule has 24 heavy (non-hydrogen) atoms. The van der Waals surface area contributed by atoms with Crippen LogP contribution < -0.4 is 5.32 Å². The van der Waals surface area contributed by atoms with Gasteiger partial charge in [0.2, 0.25) is 11.8 Å². The lowest BCUT2D eigenvalue weighted by Crippen LogP contribution is -2.45. The fraction of sp³-hybridized carbons (Fsp3) is 0.471. The molecule has 1 N–H and O–H groups in total. The van der Waals surface area contributed by atoms with Gasteiger partial charge in [-0.05, 0) is 12.5 Å². The number of carbonyl (C=O) groups excluding carboxylic acids is 1. The number of rotatable bonds is 6. The van der Waals surface area contributed by atoms with Gasteiger partial charge in [0.15, 0.2) is 5.82 Å². The molecule has 128 valence electrons. The second-order valence-corrected chi connectivity index (χ2v) is 5.81. The summed E-state index contributed by atoms with van der Waals surface area (Å²) in [7, 11) is 0. The Kier molecular flexibility index (Phi) is 5.55. The minimum absolute atomic E-state index is 0.0641. The summed E-state index contributed by atoms with van der Waals surface area (Å²) in [5.74, 6) is 1.20. The zero-order chi connectivity index (χ0) is 16.8. The first-order valence-corrected chi connectivity index (χ1v) is 8.17. The molecule has 1 aliphatic rings. The number of carbonyl (C=O) groups is 1. The average molecular weight is 330 g/mol. The Morgan fingerprint density at radius 2 is 2.04 bits per heavy atom. The van der Waals surface area contributed by atoms with Gasteiger partial charge in [-0.2, -0.15) is 4.98 Å². The van der Waals surface area contributed by atoms with Gasteiger partial charge in [0.05, 0.1) is 25.8 Å². The summed E-state index contributed by atoms with van der Waals surface area (Å²) < 4.78 is 10.6. The molecule has 1 unspecified atom stereocenters. The number of benzene rings is 1. The van der Waals surface area contributed by atoms with E-state index in [1.807, 2.05) is 37.3 Å². The topological polar surface area (TPSA) is 80.5 Å². The molecule has 0 aliphatic carbocycles. The Labute approximate surface area is 141 Å². The highest BCUT2D eigenvalue weighted by molar-refractivity contribution is 5.78. The largest absolute Gasteiger partial charge is 0.378 e. The minimum atomic E-state index is -0.174. The molecule has 2 heterocycles. The number of nitrogens with one attached hydrogen (secondary N) is 1. The molecule has 1 aliphatic heterocycles. The Bertz CT molecular complexity index is 653. The molecule has 1 atom stereocenters. The number of nitrogens with zero attached hydrogens (tertiary/aromatic N) is 3. The van der Waals surface area contributed by atoms with Crippen molar-refractivity contribution in [2.24, 2.45) is 0 Å². The Morgan fingerprint density at radius 1 is 1.29 bits per heavy atom. The lowest BCUT2D eigenvalue weighted by atomic mass is 10.1. The first-order valence-electron chi connectivity index (χ1n) is 8.17. The molecule has 0 spiro atoms. The minimum Gasteiger partial charge on any atom is -0.378 e. The zero-order valence-electron chi connectivity index (χ0n) is 13.8. The van der Waals surface area contributed by atoms with Crippen LogP contribution in [-0.2, 0) is 16.0 Å². The fourth-order valence-corrected chi connectivity index (χ4v) is 2.55. The standard InChI is InChI=1S/C17H22N4O3/c1-13(18-12-16(22)21-7-9-23-10-8-21)17-19-15(20-24-17)11-14-5-3-2-4-6-14/h2-6,13,18H,7-12H2,1H3. The first-order chi connectivity index (χ1) is 11.7. The molecular weight excluding hydrogens is 308 g/mol. The molecule has 7 heteroatoms. The second kappa shape index (κ2) is 8.03. The van der Waals surface area contributed by atoms with Crippen molar-refractivity contribution in [2.75, 3.05) is 32.8 Å². The number of morpholine rings is 1. The highest BCUT2D eigenvalue weighted by Gasteiger charge is 2.19. The van der Waals surface area contributed by atoms with Crippen LogP contribution in [0.1, 0.15) is 30.2 Å². The van der Waals surface area contributed by atoms with E-state index in [1.54, 1.807) is 4.90 Å². The summed E-state index contributed by atoms with van der Waals surface area (Å²) in [4.78, 5) is 18.3. The van der Waals surface area contributed by atoms with Gasteiger partial charge in [-0.25, -0.2) is 0 Å². The van der Waals surface area contributed by atoms with Crippen LogP contribution >= 0.6 is 0 Å². The van der Waals surface area contributed by atoms with Gasteiger partial charge in [-0.3, -0.25) is 10.1 Å². The van der Waals surface area contributed by atoms with Crippen LogP contribution in [0, 0.1) is 0 Å². The van der Waals surface area contributed by atoms with Crippen molar-refractivity contribution in [1.29, 1.82) is 0 Å². The molecule has 3 rings (SSSR count). The molecule has 1 aromatic heterocycles. The summed E-state index contributed by atoms with van der Waals surface area (Å²) in [6, 6.07) is 9.82. The van der Waals surface area contributed by atoms with Crippen LogP contribution in [-0.4, -0.2) is 53.8 Å². The molecule has 0 radical (unpaired) electrons. The van der Waals surface area contributed by atoms with Crippen LogP contribution in [0.5, 0.6) is 0 Å². The number of hydrogen-bond acceptors (Lipinski definition) is 6. The van der Waals surface area contributed by atoms with E-state index in [0.29, 0.717) is 44.4 Å². The Hall–Kier alpha value is -2.25. The van der Waals surface area contributed by atoms with Gasteiger partial charge in [0.1, 0.15) is 0 Å². The third-order valence-corrected chi connectivity index (χ3v) is 3.98. The van der Waals surface area contributed by atoms with Gasteiger partial charge in [-0.15, -0.1) is 0 Å². The normalized spacial score (nSPS) is 16.1. The molecule has 2 aromatic rings. The molecule has 7 nitrogen and oxygen atoms in total. The van der Waals surface area contributed by atoms with E-state index in [2.05, 4.69) is 15.5 Å². The highest BCUT2D eigenvalue weighted by Crippen LogP contribution is 2.12. The van der Waals surface area contributed by atoms with Crippen LogP contribution in [0.2, 0.25) is 0 Å². The van der Waals surface area contributed by atoms with E-state index in [1.165, 1.54) is 0 Å². The second-order valence-electron chi connectivity index (χ2n) is 5.81. The number of aromatic nitrogens is 2. The number of ether oxygens (including phenoxy) is 1. The lowest BCUT2D eigenvalue weighted by molar-refractivity contribution is -0.134. The van der Waals surface area contributed by atoms with Gasteiger partial charge in [-0.1, -0.05) is 35.5 Å². The SMILES string of the molecule is CC(NCC(=O)N1CCOCC1)c1nc(Cc2ccccc2)no1. The molecule has 1 aromatic carbocycles. The van der Waals surface area contributed by atoms with Crippen molar-refractivity contribution in [3.05, 3.63) is 47.6 Å². The third-order valence-electron chi connectivity index (χ3n) is 3.98. The van der Waals surface area contributed by atoms with Crippen LogP contribution in [0.3, 0.4) is 0 Å². The summed E-state index contributed by atoms with van der Waals surface area (Å²) in [5.41, 5.74) is 1.13. The summed E-state index contributed by atoms with van der Waals surface area (Å²) in [5, 5.41) is 7.16. The maximum Gasteiger partial charge on any atom is 0.243 e. The smallest absolute Gasteiger partial charge is 0.243 e. The predicted molar refractivity (Wildman–Crippen MR) is 87.4 cm³/mol. The van der Waals surface area contributed by atoms with Gasteiger partial charge in [0, 0.05) is 19.5 Å². The highest BCUT2D eigenvalue weighted by atomic mass is 16.5. The summed E-state index contributed by atoms with van der Waals surface area (Å²) in [6.45, 7) is 4.67. The summed E-state index contributed by atoms with van der Waals surface area (Å²) >= 11 is 0. The van der Waals surface area contributed by atoms with Gasteiger partial charge < -0.3 is 14.2 Å². The third kappa shape index (κ3) is 4.39. The monoisotopic (exact) mass is 330 g/mol. The van der Waals surface area contributed by atoms with Crippen LogP contribution in [0.25, 0.3) is 0 Å². The Balaban J connectivity index is 1.50. The van der Waals surface area contributed by atoms with Crippen LogP contribution in [0.4, 0.5) is 0 Å². The Morgan fingerprint density at radius 3 is 2.79 bits per heavy atom. The maximum atomic E-state index is 12.1. The van der Waals surface area contributed by atoms with Crippen molar-refractivity contribution in [1.82, 2.24) is 20.4 Å². The van der Waals surface area contributed by atoms with E-state index in [9.17, 15) is 4.79 Å². The van der Waals surface area contributed by atoms with Crippen molar-refractivity contribution < 1.29 is 14.1 Å². The van der Waals surface area contributed by atoms with Crippen molar-refractivity contribution >= 4 is 5.91 Å².